The van der Waals surface area contributed by atoms with Crippen LogP contribution in [0.5, 0.6) is 0 Å². The third-order valence-corrected chi connectivity index (χ3v) is 8.97. The van der Waals surface area contributed by atoms with Gasteiger partial charge in [0, 0.05) is 0 Å². The van der Waals surface area contributed by atoms with Gasteiger partial charge in [-0.05, 0) is 0 Å². The van der Waals surface area contributed by atoms with Crippen molar-refractivity contribution < 1.29 is 0 Å². The lowest BCUT2D eigenvalue weighted by atomic mass is 10.2. The molecular formula is C16H38Al2Cl. The summed E-state index contributed by atoms with van der Waals surface area (Å²) in [6.45, 7) is 18.8. The van der Waals surface area contributed by atoms with Gasteiger partial charge in [-0.1, -0.05) is 89.0 Å². The molecule has 0 spiro atoms. The molecule has 0 rings (SSSR count). The summed E-state index contributed by atoms with van der Waals surface area (Å²) in [7, 11) is 0. The van der Waals surface area contributed by atoms with Crippen LogP contribution in [0.3, 0.4) is 0 Å². The van der Waals surface area contributed by atoms with Crippen LogP contribution in [-0.4, -0.2) is 29.4 Å². The van der Waals surface area contributed by atoms with Gasteiger partial charge in [0.1, 0.15) is 0 Å². The Morgan fingerprint density at radius 2 is 0.947 bits per heavy atom. The van der Waals surface area contributed by atoms with Crippen molar-refractivity contribution in [2.24, 2.45) is 17.8 Å². The minimum Gasteiger partial charge on any atom is -0.147 e. The van der Waals surface area contributed by atoms with Crippen molar-refractivity contribution in [1.29, 1.82) is 0 Å². The summed E-state index contributed by atoms with van der Waals surface area (Å²) in [6, 6.07) is 0. The first-order valence-corrected chi connectivity index (χ1v) is 12.2. The minimum absolute atomic E-state index is 0. The van der Waals surface area contributed by atoms with Gasteiger partial charge in [0.2, 0.25) is 0 Å². The van der Waals surface area contributed by atoms with Crippen LogP contribution in [0, 0.1) is 17.8 Å². The van der Waals surface area contributed by atoms with Gasteiger partial charge < -0.3 is 0 Å². The van der Waals surface area contributed by atoms with E-state index in [1.807, 2.05) is 0 Å². The van der Waals surface area contributed by atoms with E-state index < -0.39 is 14.1 Å². The molecule has 0 aromatic rings. The molecule has 0 bridgehead atoms. The molecule has 0 aliphatic rings. The van der Waals surface area contributed by atoms with E-state index in [4.69, 9.17) is 0 Å². The van der Waals surface area contributed by atoms with E-state index in [0.29, 0.717) is 0 Å². The molecule has 0 aromatic carbocycles. The van der Waals surface area contributed by atoms with Gasteiger partial charge in [-0.15, -0.1) is 23.0 Å². The van der Waals surface area contributed by atoms with Crippen LogP contribution in [0.1, 0.15) is 55.4 Å². The van der Waals surface area contributed by atoms with Crippen LogP contribution < -0.4 is 0 Å². The normalized spacial score (nSPS) is 10.1. The molecule has 1 radical (unpaired) electrons. The van der Waals surface area contributed by atoms with Crippen molar-refractivity contribution in [3.63, 3.8) is 0 Å². The summed E-state index contributed by atoms with van der Waals surface area (Å²) in [5, 5.41) is 7.51. The average molecular weight is 320 g/mol. The molecule has 19 heavy (non-hydrogen) atoms. The Labute approximate surface area is 141 Å². The number of halogens is 1. The Morgan fingerprint density at radius 3 is 1.05 bits per heavy atom. The fourth-order valence-corrected chi connectivity index (χ4v) is 7.73. The highest BCUT2D eigenvalue weighted by atomic mass is 35.5. The van der Waals surface area contributed by atoms with Crippen LogP contribution >= 0.6 is 12.4 Å². The van der Waals surface area contributed by atoms with Crippen LogP contribution in [0.2, 0.25) is 26.4 Å². The Balaban J connectivity index is -0.000000366. The Hall–Kier alpha value is 1.35. The maximum absolute atomic E-state index is 2.38. The first kappa shape index (κ1) is 25.3. The first-order chi connectivity index (χ1) is 8.33. The molecule has 0 saturated carbocycles. The smallest absolute Gasteiger partial charge is 0.147 e. The maximum Gasteiger partial charge on any atom is 0.262 e. The topological polar surface area (TPSA) is 0 Å². The lowest BCUT2D eigenvalue weighted by Gasteiger charge is -2.17. The molecular weight excluding hydrogens is 282 g/mol. The van der Waals surface area contributed by atoms with Gasteiger partial charge >= 0.3 is 0 Å². The third-order valence-electron chi connectivity index (χ3n) is 2.99. The monoisotopic (exact) mass is 319 g/mol. The molecule has 0 atom stereocenters. The third kappa shape index (κ3) is 24.7. The molecule has 0 heterocycles. The molecule has 0 unspecified atom stereocenters. The maximum atomic E-state index is 2.38. The van der Waals surface area contributed by atoms with Crippen LogP contribution in [-0.2, 0) is 0 Å². The van der Waals surface area contributed by atoms with Crippen molar-refractivity contribution in [2.75, 3.05) is 0 Å². The molecule has 115 valence electrons. The summed E-state index contributed by atoms with van der Waals surface area (Å²) in [6.07, 6.45) is 0. The van der Waals surface area contributed by atoms with Crippen LogP contribution in [0.4, 0.5) is 0 Å². The highest BCUT2D eigenvalue weighted by Gasteiger charge is 2.20. The van der Waals surface area contributed by atoms with E-state index >= 15 is 0 Å². The molecule has 0 nitrogen and oxygen atoms in total. The van der Waals surface area contributed by atoms with E-state index in [0.717, 1.165) is 33.0 Å². The lowest BCUT2D eigenvalue weighted by molar-refractivity contribution is 0.659. The summed E-state index contributed by atoms with van der Waals surface area (Å²) >= 11 is 0.407. The molecule has 0 saturated heterocycles. The zero-order chi connectivity index (χ0) is 14.6. The van der Waals surface area contributed by atoms with E-state index in [1.54, 1.807) is 15.8 Å². The van der Waals surface area contributed by atoms with E-state index in [9.17, 15) is 0 Å². The number of hydrogen-bond donors (Lipinski definition) is 0. The predicted octanol–water partition coefficient (Wildman–Crippen LogP) is 6.44. The van der Waals surface area contributed by atoms with E-state index in [-0.39, 0.29) is 12.4 Å². The zero-order valence-corrected chi connectivity index (χ0v) is 18.0. The van der Waals surface area contributed by atoms with Crippen molar-refractivity contribution in [3.05, 3.63) is 0 Å². The number of hydrogen-bond acceptors (Lipinski definition) is 0. The molecule has 0 N–H and O–H groups in total. The van der Waals surface area contributed by atoms with Crippen molar-refractivity contribution in [1.82, 2.24) is 0 Å². The highest BCUT2D eigenvalue weighted by molar-refractivity contribution is 6.58. The first-order valence-electron chi connectivity index (χ1n) is 8.14. The minimum atomic E-state index is -0.407. The molecule has 0 aromatic heterocycles. The molecule has 0 amide bonds. The van der Waals surface area contributed by atoms with Gasteiger partial charge in [0.15, 0.2) is 15.2 Å². The Bertz CT molecular complexity index is 133. The molecule has 0 aliphatic carbocycles. The largest absolute Gasteiger partial charge is 0.262 e. The van der Waals surface area contributed by atoms with Gasteiger partial charge in [0.05, 0.1) is 0 Å². The number of rotatable bonds is 8. The average Bonchev–Trinajstić information content (AvgIpc) is 2.16. The molecule has 3 heteroatoms. The van der Waals surface area contributed by atoms with Crippen LogP contribution in [0.25, 0.3) is 0 Å². The van der Waals surface area contributed by atoms with Crippen LogP contribution in [0.15, 0.2) is 0 Å². The summed E-state index contributed by atoms with van der Waals surface area (Å²) in [5.41, 5.74) is 0. The predicted molar refractivity (Wildman–Crippen MR) is 98.7 cm³/mol. The second kappa shape index (κ2) is 17.4. The lowest BCUT2D eigenvalue weighted by Crippen LogP contribution is -2.19. The molecule has 0 aliphatic heterocycles. The standard InChI is InChI=1S/3C4H9.2C2H5.2Al.ClH/c3*1-4(2)3;2*1-2;;;/h3*4H,1H2,2-3H3;2*1H2,2H3;;;1H. The van der Waals surface area contributed by atoms with E-state index in [2.05, 4.69) is 55.4 Å². The summed E-state index contributed by atoms with van der Waals surface area (Å²) in [5.74, 6) is 2.78. The molecule has 0 fully saturated rings. The fraction of sp³-hybridized carbons (Fsp3) is 1.00. The van der Waals surface area contributed by atoms with Crippen molar-refractivity contribution >= 4 is 41.8 Å². The SMILES string of the molecule is CC(C)[CH2][Al]([CH2]C(C)C)[CH2]C(C)C.C[CH2][Al][CH2]C.Cl. The van der Waals surface area contributed by atoms with Gasteiger partial charge in [-0.3, -0.25) is 0 Å². The van der Waals surface area contributed by atoms with Gasteiger partial charge in [-0.2, -0.15) is 0 Å². The van der Waals surface area contributed by atoms with Gasteiger partial charge in [-0.25, -0.2) is 0 Å². The Kier molecular flexibility index (Phi) is 23.2. The second-order valence-electron chi connectivity index (χ2n) is 6.86. The van der Waals surface area contributed by atoms with Crippen molar-refractivity contribution in [3.8, 4) is 0 Å². The summed E-state index contributed by atoms with van der Waals surface area (Å²) in [4.78, 5) is 0. The quantitative estimate of drug-likeness (QED) is 0.452. The fourth-order valence-electron chi connectivity index (χ4n) is 2.58. The highest BCUT2D eigenvalue weighted by Crippen LogP contribution is 2.20. The summed E-state index contributed by atoms with van der Waals surface area (Å²) < 4.78 is 0. The van der Waals surface area contributed by atoms with E-state index in [1.165, 1.54) is 10.6 Å². The zero-order valence-electron chi connectivity index (χ0n) is 14.8. The Morgan fingerprint density at radius 1 is 0.684 bits per heavy atom. The van der Waals surface area contributed by atoms with Crippen molar-refractivity contribution in [2.45, 2.75) is 81.8 Å². The second-order valence-corrected chi connectivity index (χ2v) is 12.2. The van der Waals surface area contributed by atoms with Gasteiger partial charge in [0.25, 0.3) is 14.1 Å².